The summed E-state index contributed by atoms with van der Waals surface area (Å²) in [6.45, 7) is 9.95. The van der Waals surface area contributed by atoms with Gasteiger partial charge in [0.1, 0.15) is 5.67 Å². The molecule has 10 heavy (non-hydrogen) atoms. The average molecular weight is 147 g/mol. The molecule has 0 aliphatic carbocycles. The van der Waals surface area contributed by atoms with Gasteiger partial charge in [-0.2, -0.15) is 0 Å². The first-order valence-corrected chi connectivity index (χ1v) is 4.05. The maximum Gasteiger partial charge on any atom is 0.133 e. The van der Waals surface area contributed by atoms with E-state index in [2.05, 4.69) is 11.8 Å². The Balaban J connectivity index is 0.000000371. The van der Waals surface area contributed by atoms with Gasteiger partial charge in [0.2, 0.25) is 0 Å². The summed E-state index contributed by atoms with van der Waals surface area (Å²) in [5.74, 6) is 0. The Hall–Kier alpha value is -0.110. The number of hydrogen-bond acceptors (Lipinski definition) is 1. The summed E-state index contributed by atoms with van der Waals surface area (Å²) >= 11 is 0. The van der Waals surface area contributed by atoms with E-state index in [0.717, 1.165) is 6.54 Å². The maximum absolute atomic E-state index is 12.6. The van der Waals surface area contributed by atoms with Gasteiger partial charge in [0.15, 0.2) is 0 Å². The fraction of sp³-hybridized carbons (Fsp3) is 1.00. The fourth-order valence-electron chi connectivity index (χ4n) is 1.11. The van der Waals surface area contributed by atoms with Gasteiger partial charge in [-0.05, 0) is 13.5 Å². The van der Waals surface area contributed by atoms with Crippen molar-refractivity contribution in [3.05, 3.63) is 0 Å². The molecule has 1 aliphatic rings. The second-order valence-electron chi connectivity index (χ2n) is 2.72. The molecule has 1 rings (SSSR count). The van der Waals surface area contributed by atoms with Gasteiger partial charge in [-0.1, -0.05) is 20.8 Å². The monoisotopic (exact) mass is 147 g/mol. The molecule has 1 nitrogen and oxygen atoms in total. The molecule has 1 saturated heterocycles. The minimum atomic E-state index is -0.879. The molecule has 0 aromatic heterocycles. The smallest absolute Gasteiger partial charge is 0.133 e. The van der Waals surface area contributed by atoms with Crippen LogP contribution in [0.2, 0.25) is 0 Å². The van der Waals surface area contributed by atoms with Crippen molar-refractivity contribution in [2.24, 2.45) is 0 Å². The van der Waals surface area contributed by atoms with Crippen LogP contribution >= 0.6 is 0 Å². The highest BCUT2D eigenvalue weighted by atomic mass is 19.1. The molecule has 0 radical (unpaired) electrons. The van der Waals surface area contributed by atoms with Crippen molar-refractivity contribution in [2.45, 2.75) is 33.4 Å². The molecular formula is C8H18FN. The highest BCUT2D eigenvalue weighted by molar-refractivity contribution is 4.90. The standard InChI is InChI=1S/C6H12FN.C2H6/c1-3-8-4-6(2,7)5-8;1-2/h3-5H2,1-2H3;1-2H3. The summed E-state index contributed by atoms with van der Waals surface area (Å²) in [7, 11) is 0. The highest BCUT2D eigenvalue weighted by Gasteiger charge is 2.37. The number of hydrogen-bond donors (Lipinski definition) is 0. The zero-order valence-corrected chi connectivity index (χ0v) is 7.45. The van der Waals surface area contributed by atoms with Gasteiger partial charge in [-0.3, -0.25) is 4.90 Å². The summed E-state index contributed by atoms with van der Waals surface area (Å²) < 4.78 is 12.6. The van der Waals surface area contributed by atoms with Crippen molar-refractivity contribution in [1.82, 2.24) is 4.90 Å². The van der Waals surface area contributed by atoms with Gasteiger partial charge in [0, 0.05) is 13.1 Å². The number of halogens is 1. The molecule has 0 amide bonds. The van der Waals surface area contributed by atoms with Crippen LogP contribution in [0.25, 0.3) is 0 Å². The highest BCUT2D eigenvalue weighted by Crippen LogP contribution is 2.23. The lowest BCUT2D eigenvalue weighted by atomic mass is 10.00. The van der Waals surface area contributed by atoms with E-state index in [4.69, 9.17) is 0 Å². The summed E-state index contributed by atoms with van der Waals surface area (Å²) in [5.41, 5.74) is -0.879. The van der Waals surface area contributed by atoms with Crippen molar-refractivity contribution in [3.8, 4) is 0 Å². The Kier molecular flexibility index (Phi) is 3.87. The molecule has 0 spiro atoms. The van der Waals surface area contributed by atoms with Crippen LogP contribution in [0.5, 0.6) is 0 Å². The van der Waals surface area contributed by atoms with Crippen molar-refractivity contribution in [3.63, 3.8) is 0 Å². The second-order valence-corrected chi connectivity index (χ2v) is 2.72. The van der Waals surface area contributed by atoms with Crippen LogP contribution in [0, 0.1) is 0 Å². The maximum atomic E-state index is 12.6. The quantitative estimate of drug-likeness (QED) is 0.549. The Morgan fingerprint density at radius 2 is 1.80 bits per heavy atom. The predicted octanol–water partition coefficient (Wildman–Crippen LogP) is 2.08. The van der Waals surface area contributed by atoms with Crippen LogP contribution in [0.4, 0.5) is 4.39 Å². The van der Waals surface area contributed by atoms with Crippen LogP contribution in [0.3, 0.4) is 0 Å². The largest absolute Gasteiger partial charge is 0.297 e. The van der Waals surface area contributed by atoms with E-state index in [0.29, 0.717) is 13.1 Å². The van der Waals surface area contributed by atoms with Gasteiger partial charge in [0.05, 0.1) is 0 Å². The van der Waals surface area contributed by atoms with Gasteiger partial charge in [0.25, 0.3) is 0 Å². The fourth-order valence-corrected chi connectivity index (χ4v) is 1.11. The molecule has 1 fully saturated rings. The Labute approximate surface area is 63.2 Å². The van der Waals surface area contributed by atoms with Gasteiger partial charge in [-0.15, -0.1) is 0 Å². The molecule has 1 aliphatic heterocycles. The first kappa shape index (κ1) is 9.89. The second kappa shape index (κ2) is 3.91. The van der Waals surface area contributed by atoms with E-state index in [1.165, 1.54) is 0 Å². The van der Waals surface area contributed by atoms with Gasteiger partial charge < -0.3 is 0 Å². The number of alkyl halides is 1. The SMILES string of the molecule is CC.CCN1CC(C)(F)C1. The topological polar surface area (TPSA) is 3.24 Å². The minimum absolute atomic E-state index is 0.628. The zero-order chi connectivity index (χ0) is 8.20. The zero-order valence-electron chi connectivity index (χ0n) is 7.45. The Morgan fingerprint density at radius 1 is 1.40 bits per heavy atom. The minimum Gasteiger partial charge on any atom is -0.297 e. The third-order valence-electron chi connectivity index (χ3n) is 1.55. The molecular weight excluding hydrogens is 129 g/mol. The normalized spacial score (nSPS) is 22.5. The molecule has 0 saturated carbocycles. The molecule has 2 heteroatoms. The summed E-state index contributed by atoms with van der Waals surface area (Å²) in [6.07, 6.45) is 0. The molecule has 62 valence electrons. The first-order valence-electron chi connectivity index (χ1n) is 4.05. The first-order chi connectivity index (χ1) is 4.64. The van der Waals surface area contributed by atoms with Crippen LogP contribution in [-0.4, -0.2) is 30.2 Å². The Bertz CT molecular complexity index is 83.3. The summed E-state index contributed by atoms with van der Waals surface area (Å²) in [5, 5.41) is 0. The van der Waals surface area contributed by atoms with Crippen molar-refractivity contribution in [2.75, 3.05) is 19.6 Å². The van der Waals surface area contributed by atoms with Crippen molar-refractivity contribution >= 4 is 0 Å². The van der Waals surface area contributed by atoms with E-state index < -0.39 is 5.67 Å². The number of rotatable bonds is 1. The lowest BCUT2D eigenvalue weighted by Gasteiger charge is -2.41. The van der Waals surface area contributed by atoms with E-state index >= 15 is 0 Å². The lowest BCUT2D eigenvalue weighted by Crippen LogP contribution is -2.56. The van der Waals surface area contributed by atoms with E-state index in [9.17, 15) is 4.39 Å². The Morgan fingerprint density at radius 3 is 1.90 bits per heavy atom. The van der Waals surface area contributed by atoms with Crippen LogP contribution in [0.1, 0.15) is 27.7 Å². The third-order valence-corrected chi connectivity index (χ3v) is 1.55. The average Bonchev–Trinajstić information content (AvgIpc) is 1.87. The van der Waals surface area contributed by atoms with Crippen LogP contribution in [0.15, 0.2) is 0 Å². The number of likely N-dealkylation sites (tertiary alicyclic amines) is 1. The molecule has 0 atom stereocenters. The van der Waals surface area contributed by atoms with Gasteiger partial charge >= 0.3 is 0 Å². The van der Waals surface area contributed by atoms with E-state index in [-0.39, 0.29) is 0 Å². The molecule has 0 N–H and O–H groups in total. The van der Waals surface area contributed by atoms with Crippen LogP contribution in [-0.2, 0) is 0 Å². The number of nitrogens with zero attached hydrogens (tertiary/aromatic N) is 1. The van der Waals surface area contributed by atoms with Gasteiger partial charge in [-0.25, -0.2) is 4.39 Å². The third kappa shape index (κ3) is 2.65. The molecule has 1 heterocycles. The lowest BCUT2D eigenvalue weighted by molar-refractivity contribution is -0.0135. The van der Waals surface area contributed by atoms with Crippen LogP contribution < -0.4 is 0 Å². The summed E-state index contributed by atoms with van der Waals surface area (Å²) in [4.78, 5) is 2.08. The molecule has 0 aromatic carbocycles. The van der Waals surface area contributed by atoms with Crippen molar-refractivity contribution < 1.29 is 4.39 Å². The predicted molar refractivity (Wildman–Crippen MR) is 43.0 cm³/mol. The molecule has 0 unspecified atom stereocenters. The van der Waals surface area contributed by atoms with E-state index in [1.54, 1.807) is 6.92 Å². The molecule has 0 bridgehead atoms. The molecule has 0 aromatic rings. The van der Waals surface area contributed by atoms with E-state index in [1.807, 2.05) is 13.8 Å². The van der Waals surface area contributed by atoms with Crippen molar-refractivity contribution in [1.29, 1.82) is 0 Å². The summed E-state index contributed by atoms with van der Waals surface area (Å²) in [6, 6.07) is 0.